The Morgan fingerprint density at radius 2 is 2.07 bits per heavy atom. The average Bonchev–Trinajstić information content (AvgIpc) is 2.82. The Morgan fingerprint density at radius 1 is 1.33 bits per heavy atom. The molecule has 6 heteroatoms. The van der Waals surface area contributed by atoms with Gasteiger partial charge in [0.15, 0.2) is 0 Å². The predicted molar refractivity (Wildman–Crippen MR) is 60.1 cm³/mol. The zero-order valence-corrected chi connectivity index (χ0v) is 9.11. The maximum absolute atomic E-state index is 5.53. The van der Waals surface area contributed by atoms with Crippen molar-refractivity contribution in [2.75, 3.05) is 11.9 Å². The first-order valence-corrected chi connectivity index (χ1v) is 5.26. The lowest BCUT2D eigenvalue weighted by Crippen LogP contribution is -2.09. The van der Waals surface area contributed by atoms with Gasteiger partial charge in [0.05, 0.1) is 0 Å². The topological polar surface area (TPSA) is 67.9 Å². The maximum atomic E-state index is 5.53. The zero-order valence-electron chi connectivity index (χ0n) is 8.29. The van der Waals surface area contributed by atoms with Crippen molar-refractivity contribution in [1.29, 1.82) is 0 Å². The van der Waals surface area contributed by atoms with Crippen molar-refractivity contribution in [2.45, 2.75) is 6.54 Å². The van der Waals surface area contributed by atoms with E-state index in [-0.39, 0.29) is 0 Å². The molecule has 0 spiro atoms. The van der Waals surface area contributed by atoms with Crippen molar-refractivity contribution < 1.29 is 0 Å². The van der Waals surface area contributed by atoms with Crippen LogP contribution in [0.1, 0.15) is 5.56 Å². The Kier molecular flexibility index (Phi) is 2.89. The highest BCUT2D eigenvalue weighted by atomic mass is 32.1. The highest BCUT2D eigenvalue weighted by Crippen LogP contribution is 2.23. The largest absolute Gasteiger partial charge is 0.326 e. The van der Waals surface area contributed by atoms with E-state index in [0.29, 0.717) is 6.54 Å². The van der Waals surface area contributed by atoms with Crippen LogP contribution in [-0.4, -0.2) is 21.8 Å². The van der Waals surface area contributed by atoms with Crippen molar-refractivity contribution >= 4 is 22.4 Å². The Labute approximate surface area is 91.7 Å². The molecule has 1 heterocycles. The second-order valence-electron chi connectivity index (χ2n) is 3.07. The van der Waals surface area contributed by atoms with Gasteiger partial charge >= 0.3 is 0 Å². The van der Waals surface area contributed by atoms with Crippen molar-refractivity contribution in [2.24, 2.45) is 5.73 Å². The first-order valence-electron chi connectivity index (χ1n) is 4.49. The summed E-state index contributed by atoms with van der Waals surface area (Å²) in [4.78, 5) is 1.94. The molecule has 2 N–H and O–H groups in total. The second kappa shape index (κ2) is 4.33. The monoisotopic (exact) mass is 221 g/mol. The molecule has 5 nitrogen and oxygen atoms in total. The number of benzene rings is 1. The summed E-state index contributed by atoms with van der Waals surface area (Å²) in [7, 11) is 1.93. The van der Waals surface area contributed by atoms with Crippen LogP contribution in [0.25, 0.3) is 0 Å². The van der Waals surface area contributed by atoms with Gasteiger partial charge in [-0.05, 0) is 22.9 Å². The van der Waals surface area contributed by atoms with Gasteiger partial charge in [-0.3, -0.25) is 0 Å². The number of aromatic nitrogens is 3. The van der Waals surface area contributed by atoms with E-state index in [4.69, 9.17) is 5.73 Å². The molecule has 0 aliphatic carbocycles. The fourth-order valence-corrected chi connectivity index (χ4v) is 1.67. The number of nitrogens with two attached hydrogens (primary N) is 1. The molecule has 0 unspecified atom stereocenters. The van der Waals surface area contributed by atoms with Gasteiger partial charge in [-0.15, -0.1) is 0 Å². The van der Waals surface area contributed by atoms with E-state index in [9.17, 15) is 0 Å². The van der Waals surface area contributed by atoms with Crippen molar-refractivity contribution in [3.05, 3.63) is 29.8 Å². The van der Waals surface area contributed by atoms with E-state index in [1.807, 2.05) is 36.2 Å². The molecule has 0 fully saturated rings. The fourth-order valence-electron chi connectivity index (χ4n) is 1.22. The van der Waals surface area contributed by atoms with Gasteiger partial charge in [-0.1, -0.05) is 21.7 Å². The van der Waals surface area contributed by atoms with Crippen LogP contribution in [0.4, 0.5) is 10.8 Å². The summed E-state index contributed by atoms with van der Waals surface area (Å²) in [6, 6.07) is 8.01. The molecule has 0 saturated heterocycles. The lowest BCUT2D eigenvalue weighted by molar-refractivity contribution is 0.944. The van der Waals surface area contributed by atoms with E-state index < -0.39 is 0 Å². The number of hydrogen-bond acceptors (Lipinski definition) is 6. The van der Waals surface area contributed by atoms with E-state index in [1.165, 1.54) is 11.5 Å². The Balaban J connectivity index is 2.22. The van der Waals surface area contributed by atoms with Crippen LogP contribution in [0.5, 0.6) is 0 Å². The maximum Gasteiger partial charge on any atom is 0.232 e. The minimum Gasteiger partial charge on any atom is -0.326 e. The molecular weight excluding hydrogens is 210 g/mol. The average molecular weight is 221 g/mol. The van der Waals surface area contributed by atoms with Crippen LogP contribution in [0.15, 0.2) is 24.3 Å². The van der Waals surface area contributed by atoms with E-state index in [2.05, 4.69) is 14.8 Å². The molecule has 78 valence electrons. The number of nitrogens with zero attached hydrogens (tertiary/aromatic N) is 4. The van der Waals surface area contributed by atoms with Gasteiger partial charge in [0.2, 0.25) is 5.13 Å². The molecule has 2 rings (SSSR count). The molecule has 0 atom stereocenters. The minimum absolute atomic E-state index is 0.560. The van der Waals surface area contributed by atoms with Gasteiger partial charge in [-0.25, -0.2) is 0 Å². The molecule has 0 bridgehead atoms. The third-order valence-electron chi connectivity index (χ3n) is 2.14. The third kappa shape index (κ3) is 2.11. The Bertz CT molecular complexity index is 411. The Morgan fingerprint density at radius 3 is 2.60 bits per heavy atom. The standard InChI is InChI=1S/C9H11N5S/c1-14(9-11-12-13-15-9)8-4-2-7(6-10)3-5-8/h2-5H,6,10H2,1H3. The van der Waals surface area contributed by atoms with Crippen molar-refractivity contribution in [3.8, 4) is 0 Å². The summed E-state index contributed by atoms with van der Waals surface area (Å²) < 4.78 is 3.72. The quantitative estimate of drug-likeness (QED) is 0.842. The smallest absolute Gasteiger partial charge is 0.232 e. The number of anilines is 2. The first kappa shape index (κ1) is 10.0. The molecule has 0 aliphatic rings. The first-order chi connectivity index (χ1) is 7.31. The SMILES string of the molecule is CN(c1ccc(CN)cc1)c1nnns1. The van der Waals surface area contributed by atoms with Gasteiger partial charge in [0.25, 0.3) is 0 Å². The van der Waals surface area contributed by atoms with Crippen LogP contribution < -0.4 is 10.6 Å². The lowest BCUT2D eigenvalue weighted by Gasteiger charge is -2.14. The Hall–Kier alpha value is -1.53. The predicted octanol–water partition coefficient (Wildman–Crippen LogP) is 1.16. The summed E-state index contributed by atoms with van der Waals surface area (Å²) in [5, 5.41) is 8.23. The number of rotatable bonds is 3. The number of hydrogen-bond donors (Lipinski definition) is 1. The van der Waals surface area contributed by atoms with E-state index in [0.717, 1.165) is 16.4 Å². The molecule has 0 aliphatic heterocycles. The molecule has 1 aromatic heterocycles. The van der Waals surface area contributed by atoms with Crippen molar-refractivity contribution in [3.63, 3.8) is 0 Å². The molecule has 15 heavy (non-hydrogen) atoms. The molecule has 1 aromatic carbocycles. The van der Waals surface area contributed by atoms with Crippen LogP contribution >= 0.6 is 11.5 Å². The van der Waals surface area contributed by atoms with Gasteiger partial charge in [0, 0.05) is 30.8 Å². The zero-order chi connectivity index (χ0) is 10.7. The van der Waals surface area contributed by atoms with Gasteiger partial charge < -0.3 is 10.6 Å². The molecular formula is C9H11N5S. The molecule has 2 aromatic rings. The van der Waals surface area contributed by atoms with Crippen LogP contribution in [0.3, 0.4) is 0 Å². The van der Waals surface area contributed by atoms with E-state index in [1.54, 1.807) is 0 Å². The minimum atomic E-state index is 0.560. The molecule has 0 saturated carbocycles. The fraction of sp³-hybridized carbons (Fsp3) is 0.222. The second-order valence-corrected chi connectivity index (χ2v) is 3.79. The van der Waals surface area contributed by atoms with Gasteiger partial charge in [0.1, 0.15) is 0 Å². The van der Waals surface area contributed by atoms with Crippen LogP contribution in [-0.2, 0) is 6.54 Å². The summed E-state index contributed by atoms with van der Waals surface area (Å²) in [6.45, 7) is 0.560. The van der Waals surface area contributed by atoms with Crippen LogP contribution in [0.2, 0.25) is 0 Å². The summed E-state index contributed by atoms with van der Waals surface area (Å²) >= 11 is 1.26. The molecule has 0 amide bonds. The van der Waals surface area contributed by atoms with Crippen LogP contribution in [0, 0.1) is 0 Å². The summed E-state index contributed by atoms with van der Waals surface area (Å²) in [6.07, 6.45) is 0. The highest BCUT2D eigenvalue weighted by molar-refractivity contribution is 7.09. The summed E-state index contributed by atoms with van der Waals surface area (Å²) in [5.41, 5.74) is 7.69. The summed E-state index contributed by atoms with van der Waals surface area (Å²) in [5.74, 6) is 0. The van der Waals surface area contributed by atoms with Gasteiger partial charge in [-0.2, -0.15) is 0 Å². The van der Waals surface area contributed by atoms with Crippen molar-refractivity contribution in [1.82, 2.24) is 14.8 Å². The highest BCUT2D eigenvalue weighted by Gasteiger charge is 2.07. The van der Waals surface area contributed by atoms with E-state index >= 15 is 0 Å². The normalized spacial score (nSPS) is 10.3. The lowest BCUT2D eigenvalue weighted by atomic mass is 10.2. The molecule has 0 radical (unpaired) electrons. The third-order valence-corrected chi connectivity index (χ3v) is 2.81.